The van der Waals surface area contributed by atoms with Crippen molar-refractivity contribution in [3.05, 3.63) is 76.8 Å². The summed E-state index contributed by atoms with van der Waals surface area (Å²) in [6, 6.07) is 18.9. The van der Waals surface area contributed by atoms with Crippen LogP contribution in [0.1, 0.15) is 28.8 Å². The Morgan fingerprint density at radius 1 is 1.06 bits per heavy atom. The Hall–Kier alpha value is -3.05. The lowest BCUT2D eigenvalue weighted by Crippen LogP contribution is -2.45. The van der Waals surface area contributed by atoms with E-state index in [-0.39, 0.29) is 17.7 Å². The van der Waals surface area contributed by atoms with Gasteiger partial charge in [0.05, 0.1) is 13.0 Å². The molecule has 0 spiro atoms. The van der Waals surface area contributed by atoms with E-state index in [0.29, 0.717) is 30.2 Å². The number of hydrogen-bond acceptors (Lipinski definition) is 3. The zero-order chi connectivity index (χ0) is 22.7. The fourth-order valence-corrected chi connectivity index (χ4v) is 4.55. The molecule has 2 amide bonds. The zero-order valence-electron chi connectivity index (χ0n) is 18.4. The molecule has 1 fully saturated rings. The lowest BCUT2D eigenvalue weighted by molar-refractivity contribution is -0.136. The van der Waals surface area contributed by atoms with Crippen molar-refractivity contribution >= 4 is 34.2 Å². The Labute approximate surface area is 193 Å². The highest BCUT2D eigenvalue weighted by Crippen LogP contribution is 2.30. The number of rotatable bonds is 5. The van der Waals surface area contributed by atoms with Crippen LogP contribution in [-0.4, -0.2) is 48.9 Å². The number of benzene rings is 3. The first-order valence-corrected chi connectivity index (χ1v) is 11.2. The van der Waals surface area contributed by atoms with Crippen LogP contribution in [0.25, 0.3) is 10.8 Å². The summed E-state index contributed by atoms with van der Waals surface area (Å²) in [7, 11) is 3.44. The monoisotopic (exact) mass is 450 g/mol. The summed E-state index contributed by atoms with van der Waals surface area (Å²) in [5.74, 6) is 0.570. The van der Waals surface area contributed by atoms with Gasteiger partial charge in [-0.25, -0.2) is 0 Å². The minimum atomic E-state index is -0.200. The molecule has 0 saturated carbocycles. The highest BCUT2D eigenvalue weighted by atomic mass is 35.5. The van der Waals surface area contributed by atoms with Gasteiger partial charge in [0.25, 0.3) is 5.91 Å². The summed E-state index contributed by atoms with van der Waals surface area (Å²) in [4.78, 5) is 30.1. The van der Waals surface area contributed by atoms with Gasteiger partial charge in [-0.1, -0.05) is 48.0 Å². The highest BCUT2D eigenvalue weighted by Gasteiger charge is 2.31. The predicted molar refractivity (Wildman–Crippen MR) is 127 cm³/mol. The number of amides is 2. The van der Waals surface area contributed by atoms with Crippen molar-refractivity contribution in [1.29, 1.82) is 0 Å². The van der Waals surface area contributed by atoms with Crippen molar-refractivity contribution in [1.82, 2.24) is 9.80 Å². The van der Waals surface area contributed by atoms with E-state index < -0.39 is 0 Å². The molecule has 32 heavy (non-hydrogen) atoms. The van der Waals surface area contributed by atoms with Gasteiger partial charge in [-0.3, -0.25) is 9.59 Å². The molecular formula is C26H27ClN2O3. The van der Waals surface area contributed by atoms with Gasteiger partial charge < -0.3 is 14.5 Å². The van der Waals surface area contributed by atoms with Gasteiger partial charge in [-0.15, -0.1) is 0 Å². The summed E-state index contributed by atoms with van der Waals surface area (Å²) in [6.07, 6.45) is 1.60. The van der Waals surface area contributed by atoms with Crippen molar-refractivity contribution in [3.8, 4) is 5.75 Å². The summed E-state index contributed by atoms with van der Waals surface area (Å²) in [5, 5.41) is 2.45. The van der Waals surface area contributed by atoms with Gasteiger partial charge >= 0.3 is 0 Å². The zero-order valence-corrected chi connectivity index (χ0v) is 19.1. The van der Waals surface area contributed by atoms with E-state index in [1.807, 2.05) is 72.6 Å². The number of fused-ring (bicyclic) bond motifs is 1. The van der Waals surface area contributed by atoms with Crippen LogP contribution in [0.5, 0.6) is 5.75 Å². The molecule has 1 aliphatic rings. The Morgan fingerprint density at radius 2 is 1.78 bits per heavy atom. The number of halogens is 1. The maximum Gasteiger partial charge on any atom is 0.254 e. The quantitative estimate of drug-likeness (QED) is 0.548. The van der Waals surface area contributed by atoms with E-state index in [4.69, 9.17) is 16.3 Å². The van der Waals surface area contributed by atoms with Crippen LogP contribution in [0.4, 0.5) is 0 Å². The average molecular weight is 451 g/mol. The van der Waals surface area contributed by atoms with Crippen molar-refractivity contribution in [2.75, 3.05) is 27.2 Å². The molecule has 1 aliphatic heterocycles. The van der Waals surface area contributed by atoms with E-state index >= 15 is 0 Å². The summed E-state index contributed by atoms with van der Waals surface area (Å²) >= 11 is 5.96. The Bertz CT molecular complexity index is 1130. The third kappa shape index (κ3) is 4.58. The number of ether oxygens (including phenoxy) is 1. The molecule has 166 valence electrons. The molecule has 4 rings (SSSR count). The van der Waals surface area contributed by atoms with Gasteiger partial charge in [0.15, 0.2) is 0 Å². The number of carbonyl (C=O) groups is 2. The molecule has 0 aromatic heterocycles. The lowest BCUT2D eigenvalue weighted by atomic mass is 9.95. The molecular weight excluding hydrogens is 424 g/mol. The van der Waals surface area contributed by atoms with E-state index in [9.17, 15) is 9.59 Å². The van der Waals surface area contributed by atoms with E-state index in [1.54, 1.807) is 12.0 Å². The van der Waals surface area contributed by atoms with Crippen LogP contribution in [0, 0.1) is 5.92 Å². The first-order valence-electron chi connectivity index (χ1n) is 10.8. The Morgan fingerprint density at radius 3 is 2.50 bits per heavy atom. The third-order valence-corrected chi connectivity index (χ3v) is 6.35. The van der Waals surface area contributed by atoms with Gasteiger partial charge in [0.1, 0.15) is 5.75 Å². The van der Waals surface area contributed by atoms with Crippen LogP contribution in [-0.2, 0) is 11.3 Å². The summed E-state index contributed by atoms with van der Waals surface area (Å²) < 4.78 is 5.46. The van der Waals surface area contributed by atoms with Gasteiger partial charge in [-0.2, -0.15) is 0 Å². The maximum absolute atomic E-state index is 13.4. The average Bonchev–Trinajstić information content (AvgIpc) is 2.84. The molecule has 1 saturated heterocycles. The molecule has 0 bridgehead atoms. The number of piperidine rings is 1. The second-order valence-electron chi connectivity index (χ2n) is 8.27. The number of hydrogen-bond donors (Lipinski definition) is 0. The van der Waals surface area contributed by atoms with Crippen LogP contribution >= 0.6 is 11.6 Å². The van der Waals surface area contributed by atoms with Crippen LogP contribution in [0.3, 0.4) is 0 Å². The SMILES string of the molecule is COc1ccc(C(=O)N2CCC[C@@H](C(=O)N(C)Cc3ccc(Cl)cc3)C2)c2ccccc12. The van der Waals surface area contributed by atoms with Crippen LogP contribution < -0.4 is 4.74 Å². The molecule has 6 heteroatoms. The minimum absolute atomic E-state index is 0.0401. The second-order valence-corrected chi connectivity index (χ2v) is 8.71. The largest absolute Gasteiger partial charge is 0.496 e. The Kier molecular flexibility index (Phi) is 6.66. The minimum Gasteiger partial charge on any atom is -0.496 e. The van der Waals surface area contributed by atoms with Crippen molar-refractivity contribution in [2.24, 2.45) is 5.92 Å². The molecule has 5 nitrogen and oxygen atoms in total. The van der Waals surface area contributed by atoms with Crippen LogP contribution in [0.15, 0.2) is 60.7 Å². The summed E-state index contributed by atoms with van der Waals surface area (Å²) in [6.45, 7) is 1.61. The normalized spacial score (nSPS) is 16.1. The fourth-order valence-electron chi connectivity index (χ4n) is 4.42. The highest BCUT2D eigenvalue weighted by molar-refractivity contribution is 6.30. The third-order valence-electron chi connectivity index (χ3n) is 6.10. The van der Waals surface area contributed by atoms with Crippen LogP contribution in [0.2, 0.25) is 5.02 Å². The standard InChI is InChI=1S/C26H27ClN2O3/c1-28(16-18-9-11-20(27)12-10-18)25(30)19-6-5-15-29(17-19)26(31)23-13-14-24(32-2)22-8-4-3-7-21(22)23/h3-4,7-14,19H,5-6,15-17H2,1-2H3/t19-/m1/s1. The van der Waals surface area contributed by atoms with Crippen molar-refractivity contribution in [2.45, 2.75) is 19.4 Å². The Balaban J connectivity index is 1.49. The summed E-state index contributed by atoms with van der Waals surface area (Å²) in [5.41, 5.74) is 1.67. The first kappa shape index (κ1) is 22.2. The molecule has 0 unspecified atom stereocenters. The maximum atomic E-state index is 13.4. The molecule has 1 heterocycles. The molecule has 1 atom stereocenters. The molecule has 3 aromatic rings. The fraction of sp³-hybridized carbons (Fsp3) is 0.308. The number of methoxy groups -OCH3 is 1. The van der Waals surface area contributed by atoms with E-state index in [1.165, 1.54) is 0 Å². The molecule has 0 N–H and O–H groups in total. The van der Waals surface area contributed by atoms with Gasteiger partial charge in [0.2, 0.25) is 5.91 Å². The van der Waals surface area contributed by atoms with E-state index in [2.05, 4.69) is 0 Å². The smallest absolute Gasteiger partial charge is 0.254 e. The van der Waals surface area contributed by atoms with E-state index in [0.717, 1.165) is 34.9 Å². The topological polar surface area (TPSA) is 49.9 Å². The van der Waals surface area contributed by atoms with Crippen molar-refractivity contribution < 1.29 is 14.3 Å². The second kappa shape index (κ2) is 9.61. The van der Waals surface area contributed by atoms with Gasteiger partial charge in [0, 0.05) is 42.7 Å². The molecule has 3 aromatic carbocycles. The first-order chi connectivity index (χ1) is 15.5. The van der Waals surface area contributed by atoms with Crippen molar-refractivity contribution in [3.63, 3.8) is 0 Å². The molecule has 0 aliphatic carbocycles. The number of nitrogens with zero attached hydrogens (tertiary/aromatic N) is 2. The lowest BCUT2D eigenvalue weighted by Gasteiger charge is -2.34. The van der Waals surface area contributed by atoms with Gasteiger partial charge in [-0.05, 0) is 48.1 Å². The number of carbonyl (C=O) groups excluding carboxylic acids is 2. The number of likely N-dealkylation sites (tertiary alicyclic amines) is 1. The molecule has 0 radical (unpaired) electrons. The predicted octanol–water partition coefficient (Wildman–Crippen LogP) is 5.01.